The second-order valence-corrected chi connectivity index (χ2v) is 3.52. The van der Waals surface area contributed by atoms with E-state index in [4.69, 9.17) is 0 Å². The molecular weight excluding hydrogens is 190 g/mol. The van der Waals surface area contributed by atoms with E-state index in [2.05, 4.69) is 15.6 Å². The van der Waals surface area contributed by atoms with Crippen LogP contribution in [-0.2, 0) is 11.3 Å². The Morgan fingerprint density at radius 3 is 2.93 bits per heavy atom. The quantitative estimate of drug-likeness (QED) is 0.760. The molecule has 0 radical (unpaired) electrons. The van der Waals surface area contributed by atoms with E-state index in [-0.39, 0.29) is 11.9 Å². The summed E-state index contributed by atoms with van der Waals surface area (Å²) in [6.07, 6.45) is 3.58. The Bertz CT molecular complexity index is 338. The molecule has 0 saturated heterocycles. The SMILES string of the molecule is CNC(=O)C(C)NCc1cnccc1C. The van der Waals surface area contributed by atoms with E-state index in [0.717, 1.165) is 5.56 Å². The van der Waals surface area contributed by atoms with Gasteiger partial charge in [0.15, 0.2) is 0 Å². The first-order valence-corrected chi connectivity index (χ1v) is 4.99. The molecule has 1 aromatic rings. The Morgan fingerprint density at radius 1 is 1.60 bits per heavy atom. The third kappa shape index (κ3) is 3.32. The van der Waals surface area contributed by atoms with E-state index in [9.17, 15) is 4.79 Å². The summed E-state index contributed by atoms with van der Waals surface area (Å²) < 4.78 is 0. The van der Waals surface area contributed by atoms with Gasteiger partial charge in [-0.05, 0) is 31.0 Å². The van der Waals surface area contributed by atoms with Gasteiger partial charge in [-0.3, -0.25) is 9.78 Å². The number of carbonyl (C=O) groups is 1. The Kier molecular flexibility index (Phi) is 4.24. The van der Waals surface area contributed by atoms with E-state index in [1.54, 1.807) is 13.2 Å². The summed E-state index contributed by atoms with van der Waals surface area (Å²) in [5.74, 6) is -0.00320. The Labute approximate surface area is 90.1 Å². The van der Waals surface area contributed by atoms with Crippen LogP contribution >= 0.6 is 0 Å². The van der Waals surface area contributed by atoms with Crippen LogP contribution in [-0.4, -0.2) is 24.0 Å². The van der Waals surface area contributed by atoms with Crippen molar-refractivity contribution in [2.45, 2.75) is 26.4 Å². The summed E-state index contributed by atoms with van der Waals surface area (Å²) in [6.45, 7) is 4.53. The van der Waals surface area contributed by atoms with E-state index in [1.165, 1.54) is 5.56 Å². The summed E-state index contributed by atoms with van der Waals surface area (Å²) in [5, 5.41) is 5.74. The van der Waals surface area contributed by atoms with Gasteiger partial charge in [-0.15, -0.1) is 0 Å². The highest BCUT2D eigenvalue weighted by molar-refractivity contribution is 5.80. The molecule has 2 N–H and O–H groups in total. The van der Waals surface area contributed by atoms with Crippen molar-refractivity contribution in [1.29, 1.82) is 0 Å². The van der Waals surface area contributed by atoms with Crippen LogP contribution in [0.25, 0.3) is 0 Å². The predicted octanol–water partition coefficient (Wildman–Crippen LogP) is 0.614. The van der Waals surface area contributed by atoms with Gasteiger partial charge in [-0.25, -0.2) is 0 Å². The Balaban J connectivity index is 2.50. The number of carbonyl (C=O) groups excluding carboxylic acids is 1. The standard InChI is InChI=1S/C11H17N3O/c1-8-4-5-13-6-10(8)7-14-9(2)11(15)12-3/h4-6,9,14H,7H2,1-3H3,(H,12,15). The highest BCUT2D eigenvalue weighted by Crippen LogP contribution is 2.04. The average molecular weight is 207 g/mol. The number of rotatable bonds is 4. The number of hydrogen-bond donors (Lipinski definition) is 2. The third-order valence-electron chi connectivity index (χ3n) is 2.39. The number of hydrogen-bond acceptors (Lipinski definition) is 3. The van der Waals surface area contributed by atoms with E-state index in [1.807, 2.05) is 26.1 Å². The first-order chi connectivity index (χ1) is 7.15. The van der Waals surface area contributed by atoms with Crippen molar-refractivity contribution in [2.24, 2.45) is 0 Å². The van der Waals surface area contributed by atoms with Crippen molar-refractivity contribution in [2.75, 3.05) is 7.05 Å². The van der Waals surface area contributed by atoms with Crippen LogP contribution in [0.2, 0.25) is 0 Å². The lowest BCUT2D eigenvalue weighted by molar-refractivity contribution is -0.122. The molecule has 0 bridgehead atoms. The van der Waals surface area contributed by atoms with E-state index < -0.39 is 0 Å². The minimum absolute atomic E-state index is 0.00320. The fourth-order valence-electron chi connectivity index (χ4n) is 1.25. The van der Waals surface area contributed by atoms with Gasteiger partial charge in [0.1, 0.15) is 0 Å². The Morgan fingerprint density at radius 2 is 2.33 bits per heavy atom. The average Bonchev–Trinajstić information content (AvgIpc) is 2.26. The molecule has 0 fully saturated rings. The normalized spacial score (nSPS) is 12.2. The van der Waals surface area contributed by atoms with Crippen molar-refractivity contribution in [3.05, 3.63) is 29.6 Å². The van der Waals surface area contributed by atoms with Gasteiger partial charge in [-0.2, -0.15) is 0 Å². The first kappa shape index (κ1) is 11.7. The largest absolute Gasteiger partial charge is 0.358 e. The minimum Gasteiger partial charge on any atom is -0.358 e. The maximum Gasteiger partial charge on any atom is 0.236 e. The van der Waals surface area contributed by atoms with Crippen molar-refractivity contribution in [3.63, 3.8) is 0 Å². The molecule has 0 aromatic carbocycles. The zero-order valence-electron chi connectivity index (χ0n) is 9.37. The van der Waals surface area contributed by atoms with Gasteiger partial charge in [-0.1, -0.05) is 0 Å². The molecule has 0 aliphatic carbocycles. The van der Waals surface area contributed by atoms with Crippen LogP contribution in [0.5, 0.6) is 0 Å². The molecule has 0 aliphatic rings. The maximum absolute atomic E-state index is 11.2. The summed E-state index contributed by atoms with van der Waals surface area (Å²) >= 11 is 0. The minimum atomic E-state index is -0.186. The lowest BCUT2D eigenvalue weighted by Crippen LogP contribution is -2.40. The number of aryl methyl sites for hydroxylation is 1. The summed E-state index contributed by atoms with van der Waals surface area (Å²) in [4.78, 5) is 15.3. The van der Waals surface area contributed by atoms with Crippen molar-refractivity contribution >= 4 is 5.91 Å². The number of likely N-dealkylation sites (N-methyl/N-ethyl adjacent to an activating group) is 1. The van der Waals surface area contributed by atoms with Crippen molar-refractivity contribution < 1.29 is 4.79 Å². The first-order valence-electron chi connectivity index (χ1n) is 4.99. The highest BCUT2D eigenvalue weighted by atomic mass is 16.2. The van der Waals surface area contributed by atoms with Crippen molar-refractivity contribution in [3.8, 4) is 0 Å². The topological polar surface area (TPSA) is 54.0 Å². The monoisotopic (exact) mass is 207 g/mol. The molecule has 82 valence electrons. The third-order valence-corrected chi connectivity index (χ3v) is 2.39. The molecule has 0 aliphatic heterocycles. The van der Waals surface area contributed by atoms with Gasteiger partial charge in [0, 0.05) is 26.0 Å². The fraction of sp³-hybridized carbons (Fsp3) is 0.455. The van der Waals surface area contributed by atoms with Gasteiger partial charge >= 0.3 is 0 Å². The molecular formula is C11H17N3O. The lowest BCUT2D eigenvalue weighted by atomic mass is 10.1. The van der Waals surface area contributed by atoms with E-state index >= 15 is 0 Å². The second kappa shape index (κ2) is 5.46. The molecule has 0 saturated carbocycles. The smallest absolute Gasteiger partial charge is 0.236 e. The Hall–Kier alpha value is -1.42. The maximum atomic E-state index is 11.2. The number of nitrogens with zero attached hydrogens (tertiary/aromatic N) is 1. The molecule has 1 rings (SSSR count). The molecule has 0 spiro atoms. The van der Waals surface area contributed by atoms with Crippen LogP contribution in [0.3, 0.4) is 0 Å². The molecule has 1 unspecified atom stereocenters. The highest BCUT2D eigenvalue weighted by Gasteiger charge is 2.09. The van der Waals surface area contributed by atoms with Gasteiger partial charge < -0.3 is 10.6 Å². The number of aromatic nitrogens is 1. The van der Waals surface area contributed by atoms with Crippen LogP contribution in [0.4, 0.5) is 0 Å². The van der Waals surface area contributed by atoms with E-state index in [0.29, 0.717) is 6.54 Å². The fourth-order valence-corrected chi connectivity index (χ4v) is 1.25. The van der Waals surface area contributed by atoms with Gasteiger partial charge in [0.2, 0.25) is 5.91 Å². The second-order valence-electron chi connectivity index (χ2n) is 3.52. The summed E-state index contributed by atoms with van der Waals surface area (Å²) in [6, 6.07) is 1.77. The molecule has 1 heterocycles. The zero-order chi connectivity index (χ0) is 11.3. The zero-order valence-corrected chi connectivity index (χ0v) is 9.37. The van der Waals surface area contributed by atoms with Crippen LogP contribution < -0.4 is 10.6 Å². The molecule has 1 amide bonds. The molecule has 4 nitrogen and oxygen atoms in total. The van der Waals surface area contributed by atoms with Crippen molar-refractivity contribution in [1.82, 2.24) is 15.6 Å². The predicted molar refractivity (Wildman–Crippen MR) is 59.3 cm³/mol. The number of amides is 1. The number of nitrogens with one attached hydrogen (secondary N) is 2. The lowest BCUT2D eigenvalue weighted by Gasteiger charge is -2.12. The van der Waals surface area contributed by atoms with Gasteiger partial charge in [0.25, 0.3) is 0 Å². The van der Waals surface area contributed by atoms with Crippen LogP contribution in [0, 0.1) is 6.92 Å². The van der Waals surface area contributed by atoms with Crippen LogP contribution in [0.1, 0.15) is 18.1 Å². The molecule has 15 heavy (non-hydrogen) atoms. The van der Waals surface area contributed by atoms with Crippen LogP contribution in [0.15, 0.2) is 18.5 Å². The molecule has 4 heteroatoms. The summed E-state index contributed by atoms with van der Waals surface area (Å²) in [5.41, 5.74) is 2.30. The number of pyridine rings is 1. The van der Waals surface area contributed by atoms with Gasteiger partial charge in [0.05, 0.1) is 6.04 Å². The summed E-state index contributed by atoms with van der Waals surface area (Å²) in [7, 11) is 1.63. The molecule has 1 aromatic heterocycles. The molecule has 1 atom stereocenters.